The van der Waals surface area contributed by atoms with Crippen molar-refractivity contribution in [1.29, 1.82) is 0 Å². The molecule has 20 heavy (non-hydrogen) atoms. The van der Waals surface area contributed by atoms with Gasteiger partial charge in [-0.25, -0.2) is 0 Å². The summed E-state index contributed by atoms with van der Waals surface area (Å²) in [6.45, 7) is 5.15. The molecule has 0 bridgehead atoms. The summed E-state index contributed by atoms with van der Waals surface area (Å²) in [5, 5.41) is 6.90. The molecule has 0 aromatic heterocycles. The smallest absolute Gasteiger partial charge is 0.0400 e. The molecule has 2 rings (SSSR count). The summed E-state index contributed by atoms with van der Waals surface area (Å²) in [5.74, 6) is 0. The summed E-state index contributed by atoms with van der Waals surface area (Å²) in [6.07, 6.45) is 2.49. The van der Waals surface area contributed by atoms with Crippen LogP contribution in [0.1, 0.15) is 30.9 Å². The minimum atomic E-state index is 0.870. The van der Waals surface area contributed by atoms with E-state index in [1.54, 1.807) is 0 Å². The standard InChI is InChI=1S/C18H24N2/c1-2-3-13-19-14-17-9-11-18(12-10-17)20-15-16-7-5-4-6-8-16/h4-12,19-20H,2-3,13-15H2,1H3. The molecule has 2 aromatic rings. The number of rotatable bonds is 8. The molecule has 0 unspecified atom stereocenters. The summed E-state index contributed by atoms with van der Waals surface area (Å²) in [6, 6.07) is 19.1. The Balaban J connectivity index is 1.76. The van der Waals surface area contributed by atoms with Crippen molar-refractivity contribution >= 4 is 5.69 Å². The first-order chi connectivity index (χ1) is 9.88. The first kappa shape index (κ1) is 14.6. The van der Waals surface area contributed by atoms with Crippen molar-refractivity contribution < 1.29 is 0 Å². The van der Waals surface area contributed by atoms with E-state index in [1.807, 2.05) is 6.07 Å². The molecule has 0 amide bonds. The molecule has 0 aliphatic rings. The molecule has 2 nitrogen and oxygen atoms in total. The molecule has 2 N–H and O–H groups in total. The van der Waals surface area contributed by atoms with Crippen LogP contribution in [0.3, 0.4) is 0 Å². The maximum Gasteiger partial charge on any atom is 0.0400 e. The Morgan fingerprint density at radius 1 is 0.800 bits per heavy atom. The van der Waals surface area contributed by atoms with Crippen molar-refractivity contribution in [2.45, 2.75) is 32.9 Å². The highest BCUT2D eigenvalue weighted by atomic mass is 14.9. The van der Waals surface area contributed by atoms with Crippen molar-refractivity contribution in [3.05, 3.63) is 65.7 Å². The number of hydrogen-bond donors (Lipinski definition) is 2. The van der Waals surface area contributed by atoms with Crippen LogP contribution in [-0.4, -0.2) is 6.54 Å². The third kappa shape index (κ3) is 5.06. The zero-order valence-corrected chi connectivity index (χ0v) is 12.2. The second-order valence-electron chi connectivity index (χ2n) is 5.07. The van der Waals surface area contributed by atoms with E-state index in [4.69, 9.17) is 0 Å². The molecule has 0 fully saturated rings. The number of hydrogen-bond acceptors (Lipinski definition) is 2. The lowest BCUT2D eigenvalue weighted by Gasteiger charge is -2.08. The fraction of sp³-hybridized carbons (Fsp3) is 0.333. The van der Waals surface area contributed by atoms with Crippen LogP contribution in [0.25, 0.3) is 0 Å². The zero-order valence-electron chi connectivity index (χ0n) is 12.2. The van der Waals surface area contributed by atoms with Crippen LogP contribution in [0, 0.1) is 0 Å². The van der Waals surface area contributed by atoms with Crippen molar-refractivity contribution in [3.8, 4) is 0 Å². The minimum absolute atomic E-state index is 0.870. The molecule has 0 saturated carbocycles. The van der Waals surface area contributed by atoms with E-state index in [2.05, 4.69) is 66.1 Å². The highest BCUT2D eigenvalue weighted by Gasteiger charge is 1.95. The highest BCUT2D eigenvalue weighted by molar-refractivity contribution is 5.45. The van der Waals surface area contributed by atoms with E-state index in [9.17, 15) is 0 Å². The molecule has 2 aromatic carbocycles. The van der Waals surface area contributed by atoms with E-state index in [-0.39, 0.29) is 0 Å². The van der Waals surface area contributed by atoms with Crippen LogP contribution in [0.2, 0.25) is 0 Å². The molecule has 0 atom stereocenters. The molecule has 0 spiro atoms. The van der Waals surface area contributed by atoms with Gasteiger partial charge in [-0.05, 0) is 36.2 Å². The van der Waals surface area contributed by atoms with Crippen molar-refractivity contribution in [2.75, 3.05) is 11.9 Å². The topological polar surface area (TPSA) is 24.1 Å². The predicted octanol–water partition coefficient (Wildman–Crippen LogP) is 4.19. The molecule has 0 aliphatic heterocycles. The van der Waals surface area contributed by atoms with Gasteiger partial charge in [-0.1, -0.05) is 55.8 Å². The Kier molecular flexibility index (Phi) is 6.12. The largest absolute Gasteiger partial charge is 0.381 e. The Morgan fingerprint density at radius 2 is 1.50 bits per heavy atom. The van der Waals surface area contributed by atoms with Gasteiger partial charge in [0, 0.05) is 18.8 Å². The number of unbranched alkanes of at least 4 members (excludes halogenated alkanes) is 1. The van der Waals surface area contributed by atoms with E-state index in [0.717, 1.165) is 19.6 Å². The van der Waals surface area contributed by atoms with Gasteiger partial charge in [-0.3, -0.25) is 0 Å². The first-order valence-electron chi connectivity index (χ1n) is 7.46. The molecule has 0 saturated heterocycles. The van der Waals surface area contributed by atoms with Gasteiger partial charge in [0.15, 0.2) is 0 Å². The van der Waals surface area contributed by atoms with Crippen LogP contribution in [0.5, 0.6) is 0 Å². The van der Waals surface area contributed by atoms with Crippen LogP contribution >= 0.6 is 0 Å². The number of anilines is 1. The lowest BCUT2D eigenvalue weighted by Crippen LogP contribution is -2.14. The molecule has 106 valence electrons. The molecular weight excluding hydrogens is 244 g/mol. The summed E-state index contributed by atoms with van der Waals surface area (Å²) in [5.41, 5.74) is 3.82. The third-order valence-corrected chi connectivity index (χ3v) is 3.33. The van der Waals surface area contributed by atoms with E-state index in [0.29, 0.717) is 0 Å². The van der Waals surface area contributed by atoms with Gasteiger partial charge in [0.25, 0.3) is 0 Å². The minimum Gasteiger partial charge on any atom is -0.381 e. The molecular formula is C18H24N2. The summed E-state index contributed by atoms with van der Waals surface area (Å²) >= 11 is 0. The Labute approximate surface area is 122 Å². The fourth-order valence-corrected chi connectivity index (χ4v) is 2.07. The summed E-state index contributed by atoms with van der Waals surface area (Å²) in [4.78, 5) is 0. The normalized spacial score (nSPS) is 10.4. The van der Waals surface area contributed by atoms with Crippen LogP contribution in [-0.2, 0) is 13.1 Å². The van der Waals surface area contributed by atoms with Crippen LogP contribution in [0.15, 0.2) is 54.6 Å². The van der Waals surface area contributed by atoms with Crippen LogP contribution in [0.4, 0.5) is 5.69 Å². The van der Waals surface area contributed by atoms with Crippen molar-refractivity contribution in [1.82, 2.24) is 5.32 Å². The third-order valence-electron chi connectivity index (χ3n) is 3.33. The van der Waals surface area contributed by atoms with Gasteiger partial charge >= 0.3 is 0 Å². The maximum absolute atomic E-state index is 3.46. The fourth-order valence-electron chi connectivity index (χ4n) is 2.07. The average molecular weight is 268 g/mol. The zero-order chi connectivity index (χ0) is 14.0. The SMILES string of the molecule is CCCCNCc1ccc(NCc2ccccc2)cc1. The molecule has 0 aliphatic carbocycles. The molecule has 2 heteroatoms. The van der Waals surface area contributed by atoms with Gasteiger partial charge in [0.2, 0.25) is 0 Å². The summed E-state index contributed by atoms with van der Waals surface area (Å²) in [7, 11) is 0. The second kappa shape index (κ2) is 8.39. The Hall–Kier alpha value is -1.80. The average Bonchev–Trinajstić information content (AvgIpc) is 2.52. The molecule has 0 heterocycles. The second-order valence-corrected chi connectivity index (χ2v) is 5.07. The number of benzene rings is 2. The van der Waals surface area contributed by atoms with Crippen LogP contribution < -0.4 is 10.6 Å². The monoisotopic (exact) mass is 268 g/mol. The first-order valence-corrected chi connectivity index (χ1v) is 7.46. The summed E-state index contributed by atoms with van der Waals surface area (Å²) < 4.78 is 0. The van der Waals surface area contributed by atoms with Gasteiger partial charge in [-0.2, -0.15) is 0 Å². The van der Waals surface area contributed by atoms with E-state index in [1.165, 1.54) is 29.7 Å². The quantitative estimate of drug-likeness (QED) is 0.702. The van der Waals surface area contributed by atoms with Gasteiger partial charge < -0.3 is 10.6 Å². The van der Waals surface area contributed by atoms with Gasteiger partial charge in [0.05, 0.1) is 0 Å². The predicted molar refractivity (Wildman–Crippen MR) is 86.8 cm³/mol. The molecule has 0 radical (unpaired) electrons. The number of nitrogens with one attached hydrogen (secondary N) is 2. The highest BCUT2D eigenvalue weighted by Crippen LogP contribution is 2.11. The Bertz CT molecular complexity index is 477. The van der Waals surface area contributed by atoms with E-state index < -0.39 is 0 Å². The van der Waals surface area contributed by atoms with Gasteiger partial charge in [0.1, 0.15) is 0 Å². The van der Waals surface area contributed by atoms with Crippen molar-refractivity contribution in [3.63, 3.8) is 0 Å². The lowest BCUT2D eigenvalue weighted by atomic mass is 10.2. The maximum atomic E-state index is 3.46. The lowest BCUT2D eigenvalue weighted by molar-refractivity contribution is 0.641. The van der Waals surface area contributed by atoms with E-state index >= 15 is 0 Å². The Morgan fingerprint density at radius 3 is 2.20 bits per heavy atom. The van der Waals surface area contributed by atoms with Gasteiger partial charge in [-0.15, -0.1) is 0 Å². The van der Waals surface area contributed by atoms with Crippen molar-refractivity contribution in [2.24, 2.45) is 0 Å².